The first-order chi connectivity index (χ1) is 7.13. The summed E-state index contributed by atoms with van der Waals surface area (Å²) in [6, 6.07) is 6.82. The molecule has 1 aromatic carbocycles. The first kappa shape index (κ1) is 10.4. The molecule has 15 heavy (non-hydrogen) atoms. The Morgan fingerprint density at radius 3 is 2.47 bits per heavy atom. The highest BCUT2D eigenvalue weighted by molar-refractivity contribution is 5.31. The van der Waals surface area contributed by atoms with Gasteiger partial charge in [-0.2, -0.15) is 0 Å². The third kappa shape index (κ3) is 1.95. The van der Waals surface area contributed by atoms with E-state index in [1.165, 1.54) is 0 Å². The minimum atomic E-state index is -2.64. The Labute approximate surface area is 87.2 Å². The van der Waals surface area contributed by atoms with E-state index in [1.54, 1.807) is 31.4 Å². The maximum absolute atomic E-state index is 13.4. The lowest BCUT2D eigenvalue weighted by molar-refractivity contribution is 0.00576. The van der Waals surface area contributed by atoms with E-state index in [4.69, 9.17) is 4.74 Å². The van der Waals surface area contributed by atoms with Crippen molar-refractivity contribution >= 4 is 0 Å². The second kappa shape index (κ2) is 3.77. The zero-order valence-corrected chi connectivity index (χ0v) is 8.47. The minimum Gasteiger partial charge on any atom is -0.497 e. The van der Waals surface area contributed by atoms with Gasteiger partial charge in [-0.25, -0.2) is 8.78 Å². The Morgan fingerprint density at radius 1 is 1.33 bits per heavy atom. The van der Waals surface area contributed by atoms with Gasteiger partial charge in [0.15, 0.2) is 0 Å². The number of hydrogen-bond acceptors (Lipinski definition) is 2. The minimum absolute atomic E-state index is 0.232. The van der Waals surface area contributed by atoms with Crippen molar-refractivity contribution in [3.63, 3.8) is 0 Å². The van der Waals surface area contributed by atoms with Crippen LogP contribution in [0.15, 0.2) is 24.3 Å². The number of alkyl halides is 2. The summed E-state index contributed by atoms with van der Waals surface area (Å²) in [6.45, 7) is 0.100. The van der Waals surface area contributed by atoms with Gasteiger partial charge in [-0.1, -0.05) is 12.1 Å². The number of benzene rings is 1. The normalized spacial score (nSPS) is 24.1. The van der Waals surface area contributed by atoms with Crippen molar-refractivity contribution in [1.82, 2.24) is 5.32 Å². The smallest absolute Gasteiger partial charge is 0.268 e. The molecule has 1 aliphatic heterocycles. The highest BCUT2D eigenvalue weighted by atomic mass is 19.3. The summed E-state index contributed by atoms with van der Waals surface area (Å²) in [5.74, 6) is -2.68. The average Bonchev–Trinajstić information content (AvgIpc) is 2.58. The van der Waals surface area contributed by atoms with E-state index in [2.05, 4.69) is 5.32 Å². The molecular weight excluding hydrogens is 200 g/mol. The average molecular weight is 213 g/mol. The molecule has 1 fully saturated rings. The SMILES string of the molecule is COc1ccc([C@H]2CNCC2(F)F)cc1. The lowest BCUT2D eigenvalue weighted by Gasteiger charge is -2.18. The molecule has 0 unspecified atom stereocenters. The third-order valence-corrected chi connectivity index (χ3v) is 2.74. The second-order valence-corrected chi connectivity index (χ2v) is 3.72. The van der Waals surface area contributed by atoms with Crippen molar-refractivity contribution in [1.29, 1.82) is 0 Å². The molecule has 0 bridgehead atoms. The van der Waals surface area contributed by atoms with Crippen LogP contribution in [-0.2, 0) is 0 Å². The van der Waals surface area contributed by atoms with Crippen LogP contribution in [0.3, 0.4) is 0 Å². The number of halogens is 2. The van der Waals surface area contributed by atoms with E-state index in [0.29, 0.717) is 17.9 Å². The summed E-state index contributed by atoms with van der Waals surface area (Å²) in [4.78, 5) is 0. The molecule has 0 radical (unpaired) electrons. The highest BCUT2D eigenvalue weighted by Gasteiger charge is 2.44. The van der Waals surface area contributed by atoms with E-state index in [9.17, 15) is 8.78 Å². The van der Waals surface area contributed by atoms with Crippen LogP contribution in [0.4, 0.5) is 8.78 Å². The van der Waals surface area contributed by atoms with Crippen LogP contribution in [0.1, 0.15) is 11.5 Å². The van der Waals surface area contributed by atoms with Gasteiger partial charge in [-0.3, -0.25) is 0 Å². The molecule has 2 rings (SSSR count). The summed E-state index contributed by atoms with van der Waals surface area (Å²) in [5, 5.41) is 2.71. The number of nitrogens with one attached hydrogen (secondary N) is 1. The monoisotopic (exact) mass is 213 g/mol. The van der Waals surface area contributed by atoms with Crippen molar-refractivity contribution in [2.75, 3.05) is 20.2 Å². The number of methoxy groups -OCH3 is 1. The van der Waals surface area contributed by atoms with Crippen molar-refractivity contribution in [3.8, 4) is 5.75 Å². The number of rotatable bonds is 2. The third-order valence-electron chi connectivity index (χ3n) is 2.74. The van der Waals surface area contributed by atoms with E-state index >= 15 is 0 Å². The molecule has 1 N–H and O–H groups in total. The topological polar surface area (TPSA) is 21.3 Å². The summed E-state index contributed by atoms with van der Waals surface area (Å²) in [6.07, 6.45) is 0. The van der Waals surface area contributed by atoms with Gasteiger partial charge < -0.3 is 10.1 Å². The zero-order valence-electron chi connectivity index (χ0n) is 8.47. The molecular formula is C11H13F2NO. The molecule has 82 valence electrons. The zero-order chi connectivity index (χ0) is 10.9. The molecule has 1 saturated heterocycles. The summed E-state index contributed by atoms with van der Waals surface area (Å²) < 4.78 is 31.7. The Hall–Kier alpha value is -1.16. The van der Waals surface area contributed by atoms with E-state index < -0.39 is 11.8 Å². The van der Waals surface area contributed by atoms with Gasteiger partial charge in [0.1, 0.15) is 5.75 Å². The van der Waals surface area contributed by atoms with Crippen LogP contribution in [0.25, 0.3) is 0 Å². The van der Waals surface area contributed by atoms with Crippen LogP contribution in [0.5, 0.6) is 5.75 Å². The fourth-order valence-electron chi connectivity index (χ4n) is 1.85. The van der Waals surface area contributed by atoms with Gasteiger partial charge in [0.25, 0.3) is 5.92 Å². The first-order valence-electron chi connectivity index (χ1n) is 4.86. The summed E-state index contributed by atoms with van der Waals surface area (Å²) in [5.41, 5.74) is 0.658. The molecule has 0 aliphatic carbocycles. The predicted octanol–water partition coefficient (Wildman–Crippen LogP) is 2.02. The van der Waals surface area contributed by atoms with Crippen LogP contribution >= 0.6 is 0 Å². The summed E-state index contributed by atoms with van der Waals surface area (Å²) in [7, 11) is 1.56. The maximum atomic E-state index is 13.4. The van der Waals surface area contributed by atoms with Crippen molar-refractivity contribution in [3.05, 3.63) is 29.8 Å². The Balaban J connectivity index is 2.22. The quantitative estimate of drug-likeness (QED) is 0.811. The van der Waals surface area contributed by atoms with Crippen LogP contribution in [-0.4, -0.2) is 26.1 Å². The lowest BCUT2D eigenvalue weighted by Crippen LogP contribution is -2.25. The standard InChI is InChI=1S/C11H13F2NO/c1-15-9-4-2-8(3-5-9)10-6-14-7-11(10,12)13/h2-5,10,14H,6-7H2,1H3/t10-/m1/s1. The predicted molar refractivity (Wildman–Crippen MR) is 53.6 cm³/mol. The van der Waals surface area contributed by atoms with E-state index in [-0.39, 0.29) is 6.54 Å². The van der Waals surface area contributed by atoms with Crippen LogP contribution in [0.2, 0.25) is 0 Å². The Bertz CT molecular complexity index is 337. The van der Waals surface area contributed by atoms with Crippen molar-refractivity contribution in [2.45, 2.75) is 11.8 Å². The van der Waals surface area contributed by atoms with Crippen LogP contribution in [0, 0.1) is 0 Å². The van der Waals surface area contributed by atoms with Gasteiger partial charge >= 0.3 is 0 Å². The molecule has 1 atom stereocenters. The Morgan fingerprint density at radius 2 is 2.00 bits per heavy atom. The summed E-state index contributed by atoms with van der Waals surface area (Å²) >= 11 is 0. The van der Waals surface area contributed by atoms with E-state index in [0.717, 1.165) is 0 Å². The van der Waals surface area contributed by atoms with E-state index in [1.807, 2.05) is 0 Å². The van der Waals surface area contributed by atoms with Crippen molar-refractivity contribution < 1.29 is 13.5 Å². The van der Waals surface area contributed by atoms with Gasteiger partial charge in [0.05, 0.1) is 19.6 Å². The van der Waals surface area contributed by atoms with Gasteiger partial charge in [-0.15, -0.1) is 0 Å². The lowest BCUT2D eigenvalue weighted by atomic mass is 9.95. The number of ether oxygens (including phenoxy) is 1. The highest BCUT2D eigenvalue weighted by Crippen LogP contribution is 2.36. The molecule has 0 aromatic heterocycles. The molecule has 0 spiro atoms. The maximum Gasteiger partial charge on any atom is 0.268 e. The molecule has 1 aromatic rings. The molecule has 2 nitrogen and oxygen atoms in total. The molecule has 1 aliphatic rings. The van der Waals surface area contributed by atoms with Crippen molar-refractivity contribution in [2.24, 2.45) is 0 Å². The van der Waals surface area contributed by atoms with Gasteiger partial charge in [0, 0.05) is 6.54 Å². The van der Waals surface area contributed by atoms with Gasteiger partial charge in [-0.05, 0) is 17.7 Å². The first-order valence-corrected chi connectivity index (χ1v) is 4.86. The van der Waals surface area contributed by atoms with Gasteiger partial charge in [0.2, 0.25) is 0 Å². The molecule has 4 heteroatoms. The van der Waals surface area contributed by atoms with Crippen LogP contribution < -0.4 is 10.1 Å². The fourth-order valence-corrected chi connectivity index (χ4v) is 1.85. The molecule has 1 heterocycles. The number of hydrogen-bond donors (Lipinski definition) is 1. The Kier molecular flexibility index (Phi) is 2.61. The second-order valence-electron chi connectivity index (χ2n) is 3.72. The molecule has 0 amide bonds. The fraction of sp³-hybridized carbons (Fsp3) is 0.455. The molecule has 0 saturated carbocycles. The largest absolute Gasteiger partial charge is 0.497 e.